The highest BCUT2D eigenvalue weighted by molar-refractivity contribution is 5.16. The van der Waals surface area contributed by atoms with Gasteiger partial charge in [-0.15, -0.1) is 0 Å². The molecule has 0 aliphatic heterocycles. The zero-order valence-electron chi connectivity index (χ0n) is 5.97. The Kier molecular flexibility index (Phi) is 2.62. The minimum Gasteiger partial charge on any atom is -0.206 e. The van der Waals surface area contributed by atoms with Crippen LogP contribution in [0.1, 0.15) is 12.0 Å². The summed E-state index contributed by atoms with van der Waals surface area (Å²) in [7, 11) is 0. The van der Waals surface area contributed by atoms with E-state index in [1.54, 1.807) is 12.1 Å². The highest BCUT2D eigenvalue weighted by atomic mass is 19.1. The molecular weight excluding hydrogens is 141 g/mol. The molecular formula is C9H7FN. The number of benzene rings is 1. The van der Waals surface area contributed by atoms with Crippen LogP contribution in [-0.2, 0) is 6.42 Å². The van der Waals surface area contributed by atoms with Crippen LogP contribution in [0.5, 0.6) is 0 Å². The van der Waals surface area contributed by atoms with Crippen LogP contribution < -0.4 is 0 Å². The van der Waals surface area contributed by atoms with Crippen LogP contribution in [0.4, 0.5) is 4.39 Å². The molecule has 55 valence electrons. The molecule has 0 saturated heterocycles. The number of aryl methyl sites for hydroxylation is 1. The maximum absolute atomic E-state index is 12.7. The molecule has 0 fully saturated rings. The number of nitrogens with zero attached hydrogens (tertiary/aromatic N) is 1. The van der Waals surface area contributed by atoms with Gasteiger partial charge < -0.3 is 0 Å². The van der Waals surface area contributed by atoms with Crippen molar-refractivity contribution in [3.05, 3.63) is 35.6 Å². The summed E-state index contributed by atoms with van der Waals surface area (Å²) in [5, 5.41) is 8.24. The van der Waals surface area contributed by atoms with Gasteiger partial charge >= 0.3 is 0 Å². The Labute approximate surface area is 65.1 Å². The predicted octanol–water partition coefficient (Wildman–Crippen LogP) is 2.08. The summed E-state index contributed by atoms with van der Waals surface area (Å²) < 4.78 is 12.7. The monoisotopic (exact) mass is 148 g/mol. The third-order valence-corrected chi connectivity index (χ3v) is 1.39. The number of rotatable bonds is 2. The third kappa shape index (κ3) is 2.05. The zero-order chi connectivity index (χ0) is 8.10. The molecule has 1 nitrogen and oxygen atoms in total. The Bertz CT molecular complexity index is 275. The molecule has 0 unspecified atom stereocenters. The maximum Gasteiger partial charge on any atom is 0.134 e. The Morgan fingerprint density at radius 1 is 1.64 bits per heavy atom. The first-order valence-corrected chi connectivity index (χ1v) is 3.36. The van der Waals surface area contributed by atoms with Gasteiger partial charge in [0.2, 0.25) is 0 Å². The Balaban J connectivity index is 2.71. The van der Waals surface area contributed by atoms with E-state index in [-0.39, 0.29) is 5.82 Å². The van der Waals surface area contributed by atoms with E-state index in [4.69, 9.17) is 5.26 Å². The largest absolute Gasteiger partial charge is 0.206 e. The minimum absolute atomic E-state index is 0.345. The lowest BCUT2D eigenvalue weighted by atomic mass is 10.1. The molecule has 0 aromatic heterocycles. The van der Waals surface area contributed by atoms with Gasteiger partial charge in [0.05, 0.1) is 6.07 Å². The standard InChI is InChI=1S/C9H7FN/c10-9-6-2-1-4-8(9)5-3-7-11/h1-2,4H,3,5H2. The second-order valence-corrected chi connectivity index (χ2v) is 2.17. The Morgan fingerprint density at radius 3 is 3.09 bits per heavy atom. The molecule has 11 heavy (non-hydrogen) atoms. The van der Waals surface area contributed by atoms with Gasteiger partial charge in [0, 0.05) is 12.5 Å². The highest BCUT2D eigenvalue weighted by Gasteiger charge is 1.98. The van der Waals surface area contributed by atoms with Crippen molar-refractivity contribution in [1.29, 1.82) is 5.26 Å². The summed E-state index contributed by atoms with van der Waals surface area (Å²) in [6.45, 7) is 0. The number of halogens is 1. The number of hydrogen-bond acceptors (Lipinski definition) is 1. The van der Waals surface area contributed by atoms with Crippen molar-refractivity contribution in [3.8, 4) is 6.07 Å². The van der Waals surface area contributed by atoms with Crippen LogP contribution in [-0.4, -0.2) is 0 Å². The molecule has 0 saturated carbocycles. The molecule has 0 N–H and O–H groups in total. The SMILES string of the molecule is N#CCCc1ccc[c]c1F. The molecule has 0 atom stereocenters. The van der Waals surface area contributed by atoms with E-state index < -0.39 is 0 Å². The van der Waals surface area contributed by atoms with Gasteiger partial charge in [-0.05, 0) is 12.0 Å². The molecule has 0 aliphatic rings. The van der Waals surface area contributed by atoms with Gasteiger partial charge in [-0.2, -0.15) is 5.26 Å². The fraction of sp³-hybridized carbons (Fsp3) is 0.222. The molecule has 0 spiro atoms. The molecule has 1 aromatic carbocycles. The van der Waals surface area contributed by atoms with E-state index >= 15 is 0 Å². The lowest BCUT2D eigenvalue weighted by molar-refractivity contribution is 0.607. The van der Waals surface area contributed by atoms with Gasteiger partial charge in [0.15, 0.2) is 0 Å². The van der Waals surface area contributed by atoms with E-state index in [2.05, 4.69) is 6.07 Å². The van der Waals surface area contributed by atoms with Crippen molar-refractivity contribution in [2.45, 2.75) is 12.8 Å². The second-order valence-electron chi connectivity index (χ2n) is 2.17. The quantitative estimate of drug-likeness (QED) is 0.629. The highest BCUT2D eigenvalue weighted by Crippen LogP contribution is 2.07. The molecule has 0 aliphatic carbocycles. The average molecular weight is 148 g/mol. The van der Waals surface area contributed by atoms with Crippen LogP contribution in [0.25, 0.3) is 0 Å². The number of nitriles is 1. The molecule has 1 rings (SSSR count). The van der Waals surface area contributed by atoms with E-state index in [0.29, 0.717) is 18.4 Å². The molecule has 0 bridgehead atoms. The van der Waals surface area contributed by atoms with E-state index in [0.717, 1.165) is 0 Å². The van der Waals surface area contributed by atoms with Gasteiger partial charge in [0.25, 0.3) is 0 Å². The van der Waals surface area contributed by atoms with Crippen molar-refractivity contribution in [2.75, 3.05) is 0 Å². The van der Waals surface area contributed by atoms with Gasteiger partial charge in [-0.25, -0.2) is 4.39 Å². The first-order chi connectivity index (χ1) is 5.34. The zero-order valence-corrected chi connectivity index (χ0v) is 5.97. The molecule has 1 aromatic rings. The maximum atomic E-state index is 12.7. The van der Waals surface area contributed by atoms with E-state index in [9.17, 15) is 4.39 Å². The van der Waals surface area contributed by atoms with Crippen LogP contribution in [0.2, 0.25) is 0 Å². The molecule has 1 radical (unpaired) electrons. The van der Waals surface area contributed by atoms with Gasteiger partial charge in [-0.1, -0.05) is 18.2 Å². The van der Waals surface area contributed by atoms with Crippen molar-refractivity contribution in [2.24, 2.45) is 0 Å². The molecule has 0 amide bonds. The smallest absolute Gasteiger partial charge is 0.134 e. The summed E-state index contributed by atoms with van der Waals surface area (Å²) >= 11 is 0. The average Bonchev–Trinajstić information content (AvgIpc) is 2.03. The van der Waals surface area contributed by atoms with Crippen LogP contribution in [0.3, 0.4) is 0 Å². The molecule has 0 heterocycles. The predicted molar refractivity (Wildman–Crippen MR) is 39.2 cm³/mol. The van der Waals surface area contributed by atoms with Crippen LogP contribution >= 0.6 is 0 Å². The van der Waals surface area contributed by atoms with Crippen molar-refractivity contribution >= 4 is 0 Å². The van der Waals surface area contributed by atoms with E-state index in [1.165, 1.54) is 6.07 Å². The summed E-state index contributed by atoms with van der Waals surface area (Å²) in [6.07, 6.45) is 0.828. The van der Waals surface area contributed by atoms with Crippen LogP contribution in [0, 0.1) is 23.2 Å². The van der Waals surface area contributed by atoms with E-state index in [1.807, 2.05) is 6.07 Å². The first-order valence-electron chi connectivity index (χ1n) is 3.36. The summed E-state index contributed by atoms with van der Waals surface area (Å²) in [5.74, 6) is -0.345. The summed E-state index contributed by atoms with van der Waals surface area (Å²) in [4.78, 5) is 0. The summed E-state index contributed by atoms with van der Waals surface area (Å²) in [6, 6.07) is 9.30. The fourth-order valence-electron chi connectivity index (χ4n) is 0.835. The number of hydrogen-bond donors (Lipinski definition) is 0. The Morgan fingerprint density at radius 2 is 2.45 bits per heavy atom. The van der Waals surface area contributed by atoms with Gasteiger partial charge in [0.1, 0.15) is 5.82 Å². The molecule has 2 heteroatoms. The summed E-state index contributed by atoms with van der Waals surface area (Å²) in [5.41, 5.74) is 0.564. The van der Waals surface area contributed by atoms with Crippen LogP contribution in [0.15, 0.2) is 18.2 Å². The normalized spacial score (nSPS) is 9.09. The lowest BCUT2D eigenvalue weighted by Gasteiger charge is -1.96. The lowest BCUT2D eigenvalue weighted by Crippen LogP contribution is -1.88. The van der Waals surface area contributed by atoms with Gasteiger partial charge in [-0.3, -0.25) is 0 Å². The Hall–Kier alpha value is -1.36. The van der Waals surface area contributed by atoms with Crippen molar-refractivity contribution < 1.29 is 4.39 Å². The minimum atomic E-state index is -0.345. The van der Waals surface area contributed by atoms with Crippen molar-refractivity contribution in [3.63, 3.8) is 0 Å². The topological polar surface area (TPSA) is 23.8 Å². The van der Waals surface area contributed by atoms with Crippen molar-refractivity contribution in [1.82, 2.24) is 0 Å². The second kappa shape index (κ2) is 3.72. The fourth-order valence-corrected chi connectivity index (χ4v) is 0.835. The third-order valence-electron chi connectivity index (χ3n) is 1.39. The first kappa shape index (κ1) is 7.74.